The number of hydrogen-bond acceptors (Lipinski definition) is 3. The van der Waals surface area contributed by atoms with Crippen molar-refractivity contribution in [2.24, 2.45) is 0 Å². The molecule has 1 aliphatic carbocycles. The molecule has 1 N–H and O–H groups in total. The molecule has 2 fully saturated rings. The van der Waals surface area contributed by atoms with Gasteiger partial charge in [-0.1, -0.05) is 30.3 Å². The third-order valence-corrected chi connectivity index (χ3v) is 4.50. The van der Waals surface area contributed by atoms with Crippen LogP contribution in [0, 0.1) is 0 Å². The van der Waals surface area contributed by atoms with E-state index in [1.54, 1.807) is 0 Å². The van der Waals surface area contributed by atoms with Gasteiger partial charge in [-0.15, -0.1) is 0 Å². The summed E-state index contributed by atoms with van der Waals surface area (Å²) in [5, 5.41) is 3.19. The summed E-state index contributed by atoms with van der Waals surface area (Å²) in [6.45, 7) is 5.19. The molecule has 4 nitrogen and oxygen atoms in total. The smallest absolute Gasteiger partial charge is 0.242 e. The number of nitrogens with one attached hydrogen (secondary N) is 1. The summed E-state index contributed by atoms with van der Waals surface area (Å²) in [4.78, 5) is 17.4. The zero-order chi connectivity index (χ0) is 14.8. The van der Waals surface area contributed by atoms with Crippen LogP contribution in [-0.2, 0) is 4.79 Å². The molecular formula is C17H25N3O. The number of rotatable bonds is 4. The van der Waals surface area contributed by atoms with E-state index in [0.717, 1.165) is 38.0 Å². The SMILES string of the molecule is C[C@H]1CN(C)CCN1[C@H](C(=O)NC1CC1)c1ccccc1. The van der Waals surface area contributed by atoms with Crippen molar-refractivity contribution in [2.45, 2.75) is 37.9 Å². The van der Waals surface area contributed by atoms with Gasteiger partial charge < -0.3 is 10.2 Å². The van der Waals surface area contributed by atoms with Gasteiger partial charge in [-0.05, 0) is 32.4 Å². The van der Waals surface area contributed by atoms with E-state index in [1.807, 2.05) is 18.2 Å². The van der Waals surface area contributed by atoms with Crippen molar-refractivity contribution < 1.29 is 4.79 Å². The fourth-order valence-electron chi connectivity index (χ4n) is 3.17. The van der Waals surface area contributed by atoms with Crippen LogP contribution in [0.15, 0.2) is 30.3 Å². The maximum Gasteiger partial charge on any atom is 0.242 e. The van der Waals surface area contributed by atoms with Gasteiger partial charge in [-0.3, -0.25) is 9.69 Å². The number of amides is 1. The van der Waals surface area contributed by atoms with Crippen molar-refractivity contribution in [3.05, 3.63) is 35.9 Å². The van der Waals surface area contributed by atoms with Gasteiger partial charge in [0.05, 0.1) is 0 Å². The van der Waals surface area contributed by atoms with Gasteiger partial charge in [0.25, 0.3) is 0 Å². The van der Waals surface area contributed by atoms with Gasteiger partial charge in [-0.2, -0.15) is 0 Å². The lowest BCUT2D eigenvalue weighted by Gasteiger charge is -2.42. The number of hydrogen-bond donors (Lipinski definition) is 1. The van der Waals surface area contributed by atoms with Crippen LogP contribution in [0.25, 0.3) is 0 Å². The summed E-state index contributed by atoms with van der Waals surface area (Å²) in [5.41, 5.74) is 1.10. The number of piperazine rings is 1. The fourth-order valence-corrected chi connectivity index (χ4v) is 3.17. The summed E-state index contributed by atoms with van der Waals surface area (Å²) < 4.78 is 0. The lowest BCUT2D eigenvalue weighted by Crippen LogP contribution is -2.54. The van der Waals surface area contributed by atoms with Crippen molar-refractivity contribution in [1.82, 2.24) is 15.1 Å². The zero-order valence-corrected chi connectivity index (χ0v) is 13.0. The van der Waals surface area contributed by atoms with Crippen LogP contribution in [0.5, 0.6) is 0 Å². The average Bonchev–Trinajstić information content (AvgIpc) is 3.27. The molecule has 3 rings (SSSR count). The summed E-state index contributed by atoms with van der Waals surface area (Å²) >= 11 is 0. The summed E-state index contributed by atoms with van der Waals surface area (Å²) in [6, 6.07) is 10.8. The quantitative estimate of drug-likeness (QED) is 0.914. The molecule has 114 valence electrons. The zero-order valence-electron chi connectivity index (χ0n) is 13.0. The van der Waals surface area contributed by atoms with Gasteiger partial charge in [0.15, 0.2) is 0 Å². The highest BCUT2D eigenvalue weighted by Crippen LogP contribution is 2.27. The van der Waals surface area contributed by atoms with Crippen LogP contribution < -0.4 is 5.32 Å². The second kappa shape index (κ2) is 6.16. The van der Waals surface area contributed by atoms with Crippen LogP contribution in [-0.4, -0.2) is 54.5 Å². The number of carbonyl (C=O) groups is 1. The highest BCUT2D eigenvalue weighted by molar-refractivity contribution is 5.83. The highest BCUT2D eigenvalue weighted by Gasteiger charge is 2.35. The molecule has 4 heteroatoms. The van der Waals surface area contributed by atoms with E-state index in [-0.39, 0.29) is 11.9 Å². The Morgan fingerprint density at radius 1 is 1.24 bits per heavy atom. The first kappa shape index (κ1) is 14.5. The van der Waals surface area contributed by atoms with Crippen molar-refractivity contribution in [1.29, 1.82) is 0 Å². The van der Waals surface area contributed by atoms with Gasteiger partial charge >= 0.3 is 0 Å². The Kier molecular flexibility index (Phi) is 4.27. The molecule has 1 amide bonds. The van der Waals surface area contributed by atoms with Crippen LogP contribution in [0.2, 0.25) is 0 Å². The molecule has 0 bridgehead atoms. The predicted octanol–water partition coefficient (Wildman–Crippen LogP) is 1.64. The van der Waals surface area contributed by atoms with E-state index in [1.165, 1.54) is 0 Å². The molecule has 1 heterocycles. The average molecular weight is 287 g/mol. The predicted molar refractivity (Wildman–Crippen MR) is 84.0 cm³/mol. The Hall–Kier alpha value is -1.39. The van der Waals surface area contributed by atoms with Crippen LogP contribution >= 0.6 is 0 Å². The maximum absolute atomic E-state index is 12.8. The van der Waals surface area contributed by atoms with E-state index >= 15 is 0 Å². The third kappa shape index (κ3) is 3.44. The molecule has 2 atom stereocenters. The molecule has 0 radical (unpaired) electrons. The minimum absolute atomic E-state index is 0.157. The van der Waals surface area contributed by atoms with Crippen LogP contribution in [0.1, 0.15) is 31.4 Å². The van der Waals surface area contributed by atoms with E-state index in [9.17, 15) is 4.79 Å². The number of carbonyl (C=O) groups excluding carboxylic acids is 1. The van der Waals surface area contributed by atoms with Crippen LogP contribution in [0.4, 0.5) is 0 Å². The molecule has 1 aliphatic heterocycles. The van der Waals surface area contributed by atoms with E-state index < -0.39 is 0 Å². The molecule has 1 aromatic carbocycles. The van der Waals surface area contributed by atoms with Gasteiger partial charge in [0.1, 0.15) is 6.04 Å². The molecule has 0 spiro atoms. The topological polar surface area (TPSA) is 35.6 Å². The summed E-state index contributed by atoms with van der Waals surface area (Å²) in [7, 11) is 2.15. The maximum atomic E-state index is 12.8. The molecule has 1 saturated carbocycles. The molecule has 1 saturated heterocycles. The summed E-state index contributed by atoms with van der Waals surface area (Å²) in [6.07, 6.45) is 2.26. The van der Waals surface area contributed by atoms with Gasteiger partial charge in [0, 0.05) is 31.7 Å². The summed E-state index contributed by atoms with van der Waals surface area (Å²) in [5.74, 6) is 0.167. The minimum Gasteiger partial charge on any atom is -0.352 e. The molecule has 21 heavy (non-hydrogen) atoms. The number of benzene rings is 1. The molecule has 1 aromatic rings. The second-order valence-corrected chi connectivity index (χ2v) is 6.45. The number of likely N-dealkylation sites (N-methyl/N-ethyl adjacent to an activating group) is 1. The van der Waals surface area contributed by atoms with Gasteiger partial charge in [-0.25, -0.2) is 0 Å². The van der Waals surface area contributed by atoms with Crippen molar-refractivity contribution in [2.75, 3.05) is 26.7 Å². The first-order valence-corrected chi connectivity index (χ1v) is 7.95. The normalized spacial score (nSPS) is 25.5. The number of nitrogens with zero attached hydrogens (tertiary/aromatic N) is 2. The van der Waals surface area contributed by atoms with E-state index in [2.05, 4.69) is 41.2 Å². The molecule has 2 aliphatic rings. The molecule has 0 aromatic heterocycles. The fraction of sp³-hybridized carbons (Fsp3) is 0.588. The Labute approximate surface area is 127 Å². The van der Waals surface area contributed by atoms with Crippen molar-refractivity contribution >= 4 is 5.91 Å². The standard InChI is InChI=1S/C17H25N3O/c1-13-12-19(2)10-11-20(13)16(14-6-4-3-5-7-14)17(21)18-15-8-9-15/h3-7,13,15-16H,8-12H2,1-2H3,(H,18,21)/t13-,16-/m0/s1. The van der Waals surface area contributed by atoms with Crippen molar-refractivity contribution in [3.8, 4) is 0 Å². The monoisotopic (exact) mass is 287 g/mol. The largest absolute Gasteiger partial charge is 0.352 e. The lowest BCUT2D eigenvalue weighted by molar-refractivity contribution is -0.128. The molecule has 0 unspecified atom stereocenters. The first-order valence-electron chi connectivity index (χ1n) is 7.95. The Bertz CT molecular complexity index is 486. The first-order chi connectivity index (χ1) is 10.1. The minimum atomic E-state index is -0.157. The van der Waals surface area contributed by atoms with Crippen molar-refractivity contribution in [3.63, 3.8) is 0 Å². The highest BCUT2D eigenvalue weighted by atomic mass is 16.2. The van der Waals surface area contributed by atoms with Crippen LogP contribution in [0.3, 0.4) is 0 Å². The van der Waals surface area contributed by atoms with E-state index in [0.29, 0.717) is 12.1 Å². The second-order valence-electron chi connectivity index (χ2n) is 6.45. The Balaban J connectivity index is 1.82. The molecular weight excluding hydrogens is 262 g/mol. The third-order valence-electron chi connectivity index (χ3n) is 4.50. The lowest BCUT2D eigenvalue weighted by atomic mass is 10.0. The van der Waals surface area contributed by atoms with E-state index in [4.69, 9.17) is 0 Å². The van der Waals surface area contributed by atoms with Gasteiger partial charge in [0.2, 0.25) is 5.91 Å². The Morgan fingerprint density at radius 2 is 1.95 bits per heavy atom. The Morgan fingerprint density at radius 3 is 2.57 bits per heavy atom.